The highest BCUT2D eigenvalue weighted by Crippen LogP contribution is 2.41. The molecule has 2 atom stereocenters. The first kappa shape index (κ1) is 17.6. The molecule has 6 nitrogen and oxygen atoms in total. The third-order valence-electron chi connectivity index (χ3n) is 2.88. The van der Waals surface area contributed by atoms with Crippen molar-refractivity contribution in [3.05, 3.63) is 0 Å². The number of aliphatic hydroxyl groups excluding tert-OH is 1. The number of carbonyl (C=O) groups excluding carboxylic acids is 1. The van der Waals surface area contributed by atoms with Gasteiger partial charge in [-0.1, -0.05) is 6.92 Å². The van der Waals surface area contributed by atoms with E-state index in [2.05, 4.69) is 0 Å². The van der Waals surface area contributed by atoms with Crippen LogP contribution in [0.3, 0.4) is 0 Å². The summed E-state index contributed by atoms with van der Waals surface area (Å²) >= 11 is 0. The van der Waals surface area contributed by atoms with Gasteiger partial charge in [-0.05, 0) is 33.7 Å². The molecule has 0 aromatic rings. The summed E-state index contributed by atoms with van der Waals surface area (Å²) in [6, 6.07) is 0. The van der Waals surface area contributed by atoms with E-state index < -0.39 is 19.2 Å². The van der Waals surface area contributed by atoms with E-state index in [1.807, 2.05) is 6.92 Å². The summed E-state index contributed by atoms with van der Waals surface area (Å²) in [5.74, 6) is -1.32. The molecule has 0 aromatic carbocycles. The third-order valence-corrected chi connectivity index (χ3v) is 4.48. The minimum atomic E-state index is -2.59. The molecule has 1 amide bonds. The Morgan fingerprint density at radius 2 is 1.89 bits per heavy atom. The van der Waals surface area contributed by atoms with E-state index >= 15 is 0 Å². The van der Waals surface area contributed by atoms with Crippen LogP contribution < -0.4 is 0 Å². The summed E-state index contributed by atoms with van der Waals surface area (Å²) in [5, 5.41) is 20.1. The number of hydroxylamine groups is 2. The smallest absolute Gasteiger partial charge is 0.247 e. The second-order valence-electron chi connectivity index (χ2n) is 4.97. The van der Waals surface area contributed by atoms with Gasteiger partial charge in [-0.25, -0.2) is 5.06 Å². The van der Waals surface area contributed by atoms with Crippen LogP contribution in [-0.4, -0.2) is 65.1 Å². The fourth-order valence-electron chi connectivity index (χ4n) is 1.33. The van der Waals surface area contributed by atoms with Gasteiger partial charge in [0.05, 0.1) is 0 Å². The van der Waals surface area contributed by atoms with Crippen molar-refractivity contribution in [2.45, 2.75) is 38.7 Å². The predicted octanol–water partition coefficient (Wildman–Crippen LogP) is 1.22. The zero-order valence-corrected chi connectivity index (χ0v) is 12.7. The maximum absolute atomic E-state index is 11.7. The van der Waals surface area contributed by atoms with E-state index in [-0.39, 0.29) is 18.9 Å². The average Bonchev–Trinajstić information content (AvgIpc) is 2.25. The first-order chi connectivity index (χ1) is 8.11. The molecule has 0 bridgehead atoms. The molecule has 0 heterocycles. The molecule has 0 aromatic heterocycles. The van der Waals surface area contributed by atoms with Gasteiger partial charge in [-0.15, -0.1) is 0 Å². The Morgan fingerprint density at radius 3 is 2.28 bits per heavy atom. The van der Waals surface area contributed by atoms with Gasteiger partial charge in [0.1, 0.15) is 19.2 Å². The van der Waals surface area contributed by atoms with Crippen molar-refractivity contribution >= 4 is 13.0 Å². The predicted molar refractivity (Wildman–Crippen MR) is 71.1 cm³/mol. The zero-order valence-electron chi connectivity index (χ0n) is 11.8. The molecule has 0 saturated heterocycles. The highest BCUT2D eigenvalue weighted by Gasteiger charge is 2.27. The van der Waals surface area contributed by atoms with Crippen molar-refractivity contribution in [1.82, 2.24) is 9.96 Å². The van der Waals surface area contributed by atoms with Gasteiger partial charge in [-0.3, -0.25) is 14.9 Å². The van der Waals surface area contributed by atoms with Crippen LogP contribution >= 0.6 is 7.14 Å². The van der Waals surface area contributed by atoms with Crippen molar-refractivity contribution in [3.63, 3.8) is 0 Å². The monoisotopic (exact) mass is 280 g/mol. The molecule has 0 radical (unpaired) electrons. The lowest BCUT2D eigenvalue weighted by Gasteiger charge is -2.32. The van der Waals surface area contributed by atoms with Crippen molar-refractivity contribution < 1.29 is 19.7 Å². The summed E-state index contributed by atoms with van der Waals surface area (Å²) < 4.78 is 11.7. The molecular weight excluding hydrogens is 255 g/mol. The molecule has 0 saturated carbocycles. The minimum Gasteiger partial charge on any atom is -0.384 e. The molecule has 0 spiro atoms. The van der Waals surface area contributed by atoms with Crippen molar-refractivity contribution in [1.29, 1.82) is 0 Å². The van der Waals surface area contributed by atoms with Gasteiger partial charge in [0.15, 0.2) is 0 Å². The Balaban J connectivity index is 4.46. The molecule has 0 aliphatic rings. The molecule has 2 unspecified atom stereocenters. The summed E-state index contributed by atoms with van der Waals surface area (Å²) in [6.45, 7) is 6.66. The van der Waals surface area contributed by atoms with Gasteiger partial charge < -0.3 is 9.67 Å². The Kier molecular flexibility index (Phi) is 7.07. The number of likely N-dealkylation sites (N-methyl/N-ethyl adjacent to an activating group) is 1. The number of carbonyl (C=O) groups is 1. The highest BCUT2D eigenvalue weighted by atomic mass is 31.2. The standard InChI is InChI=1S/C11H25N2O4P/c1-6-7-10(14)13(16)9(2)12(3)8-11(15)18(4,5)17/h9,11,15-16H,6-8H2,1-5H3. The molecular formula is C11H25N2O4P. The molecule has 0 fully saturated rings. The Labute approximate surface area is 109 Å². The van der Waals surface area contributed by atoms with Gasteiger partial charge >= 0.3 is 0 Å². The molecule has 7 heteroatoms. The molecule has 108 valence electrons. The fraction of sp³-hybridized carbons (Fsp3) is 0.909. The fourth-order valence-corrected chi connectivity index (χ4v) is 1.98. The van der Waals surface area contributed by atoms with Crippen LogP contribution in [0.1, 0.15) is 26.7 Å². The third kappa shape index (κ3) is 5.48. The van der Waals surface area contributed by atoms with Crippen LogP contribution in [0.5, 0.6) is 0 Å². The quantitative estimate of drug-likeness (QED) is 0.317. The topological polar surface area (TPSA) is 81.1 Å². The molecule has 18 heavy (non-hydrogen) atoms. The largest absolute Gasteiger partial charge is 0.384 e. The van der Waals surface area contributed by atoms with E-state index in [0.29, 0.717) is 11.5 Å². The van der Waals surface area contributed by atoms with Crippen LogP contribution in [-0.2, 0) is 9.36 Å². The van der Waals surface area contributed by atoms with Crippen LogP contribution in [0.15, 0.2) is 0 Å². The van der Waals surface area contributed by atoms with Crippen LogP contribution in [0, 0.1) is 0 Å². The second kappa shape index (κ2) is 7.24. The Morgan fingerprint density at radius 1 is 1.39 bits per heavy atom. The van der Waals surface area contributed by atoms with Gasteiger partial charge in [-0.2, -0.15) is 0 Å². The van der Waals surface area contributed by atoms with E-state index in [1.165, 1.54) is 13.3 Å². The van der Waals surface area contributed by atoms with Crippen molar-refractivity contribution in [3.8, 4) is 0 Å². The first-order valence-electron chi connectivity index (χ1n) is 6.05. The van der Waals surface area contributed by atoms with Gasteiger partial charge in [0, 0.05) is 13.0 Å². The lowest BCUT2D eigenvalue weighted by atomic mass is 10.3. The SMILES string of the molecule is CCCC(=O)N(O)C(C)N(C)CC(O)P(C)(C)=O. The molecule has 0 rings (SSSR count). The number of amides is 1. The van der Waals surface area contributed by atoms with E-state index in [1.54, 1.807) is 18.9 Å². The van der Waals surface area contributed by atoms with E-state index in [4.69, 9.17) is 0 Å². The van der Waals surface area contributed by atoms with Crippen molar-refractivity contribution in [2.75, 3.05) is 26.9 Å². The Bertz CT molecular complexity index is 318. The normalized spacial score (nSPS) is 15.6. The Hall–Kier alpha value is -0.420. The lowest BCUT2D eigenvalue weighted by Crippen LogP contribution is -2.48. The lowest BCUT2D eigenvalue weighted by molar-refractivity contribution is -0.189. The zero-order chi connectivity index (χ0) is 14.5. The number of hydrogen-bond acceptors (Lipinski definition) is 5. The minimum absolute atomic E-state index is 0.141. The summed E-state index contributed by atoms with van der Waals surface area (Å²) in [4.78, 5) is 13.1. The summed E-state index contributed by atoms with van der Waals surface area (Å²) in [7, 11) is -0.929. The van der Waals surface area contributed by atoms with E-state index in [9.17, 15) is 19.7 Å². The maximum Gasteiger partial charge on any atom is 0.247 e. The summed E-state index contributed by atoms with van der Waals surface area (Å²) in [5.41, 5.74) is 0. The highest BCUT2D eigenvalue weighted by molar-refractivity contribution is 7.62. The van der Waals surface area contributed by atoms with Gasteiger partial charge in [0.25, 0.3) is 0 Å². The first-order valence-corrected chi connectivity index (χ1v) is 8.72. The number of nitrogens with zero attached hydrogens (tertiary/aromatic N) is 2. The number of hydrogen-bond donors (Lipinski definition) is 2. The van der Waals surface area contributed by atoms with Crippen LogP contribution in [0.4, 0.5) is 0 Å². The van der Waals surface area contributed by atoms with E-state index in [0.717, 1.165) is 0 Å². The van der Waals surface area contributed by atoms with Gasteiger partial charge in [0.2, 0.25) is 5.91 Å². The summed E-state index contributed by atoms with van der Waals surface area (Å²) in [6.07, 6.45) is 0.371. The molecule has 0 aliphatic carbocycles. The second-order valence-corrected chi connectivity index (χ2v) is 8.44. The maximum atomic E-state index is 11.7. The van der Waals surface area contributed by atoms with Crippen LogP contribution in [0.25, 0.3) is 0 Å². The molecule has 0 aliphatic heterocycles. The average molecular weight is 280 g/mol. The number of rotatable bonds is 7. The number of aliphatic hydroxyl groups is 1. The van der Waals surface area contributed by atoms with Crippen LogP contribution in [0.2, 0.25) is 0 Å². The molecule has 2 N–H and O–H groups in total. The van der Waals surface area contributed by atoms with Crippen molar-refractivity contribution in [2.24, 2.45) is 0 Å².